The molecule has 0 aromatic carbocycles. The maximum atomic E-state index is 4.47. The van der Waals surface area contributed by atoms with Crippen LogP contribution in [0, 0.1) is 19.8 Å². The average molecular weight is 235 g/mol. The molecule has 17 heavy (non-hydrogen) atoms. The first kappa shape index (κ1) is 12.6. The van der Waals surface area contributed by atoms with Gasteiger partial charge >= 0.3 is 0 Å². The quantitative estimate of drug-likeness (QED) is 0.873. The number of aromatic nitrogens is 2. The van der Waals surface area contributed by atoms with Crippen molar-refractivity contribution in [2.45, 2.75) is 59.0 Å². The molecule has 1 aliphatic rings. The van der Waals surface area contributed by atoms with Gasteiger partial charge in [0.15, 0.2) is 0 Å². The van der Waals surface area contributed by atoms with E-state index in [2.05, 4.69) is 31.2 Å². The molecular formula is C14H25N3. The van der Waals surface area contributed by atoms with Gasteiger partial charge in [-0.05, 0) is 32.6 Å². The largest absolute Gasteiger partial charge is 0.310 e. The number of nitrogens with zero attached hydrogens (tertiary/aromatic N) is 2. The molecule has 0 radical (unpaired) electrons. The molecule has 1 heterocycles. The van der Waals surface area contributed by atoms with Gasteiger partial charge in [0.1, 0.15) is 0 Å². The topological polar surface area (TPSA) is 29.9 Å². The van der Waals surface area contributed by atoms with E-state index in [0.717, 1.165) is 12.5 Å². The van der Waals surface area contributed by atoms with Crippen LogP contribution in [0.3, 0.4) is 0 Å². The number of aryl methyl sites for hydroxylation is 2. The molecule has 1 aromatic heterocycles. The molecule has 3 nitrogen and oxygen atoms in total. The van der Waals surface area contributed by atoms with Crippen LogP contribution in [0.25, 0.3) is 0 Å². The molecule has 0 saturated heterocycles. The van der Waals surface area contributed by atoms with E-state index in [4.69, 9.17) is 0 Å². The molecule has 1 fully saturated rings. The van der Waals surface area contributed by atoms with Gasteiger partial charge in [-0.1, -0.05) is 19.8 Å². The van der Waals surface area contributed by atoms with E-state index >= 15 is 0 Å². The molecule has 1 N–H and O–H groups in total. The van der Waals surface area contributed by atoms with Crippen molar-refractivity contribution in [3.8, 4) is 0 Å². The summed E-state index contributed by atoms with van der Waals surface area (Å²) < 4.78 is 1.98. The molecule has 2 rings (SSSR count). The van der Waals surface area contributed by atoms with Crippen molar-refractivity contribution in [1.82, 2.24) is 15.1 Å². The molecule has 3 heteroatoms. The molecule has 1 aliphatic carbocycles. The third kappa shape index (κ3) is 2.89. The van der Waals surface area contributed by atoms with Gasteiger partial charge in [0.25, 0.3) is 0 Å². The van der Waals surface area contributed by atoms with E-state index in [1.165, 1.54) is 42.6 Å². The first-order valence-electron chi connectivity index (χ1n) is 6.80. The van der Waals surface area contributed by atoms with Crippen LogP contribution in [0.2, 0.25) is 0 Å². The number of hydrogen-bond acceptors (Lipinski definition) is 2. The summed E-state index contributed by atoms with van der Waals surface area (Å²) in [6.07, 6.45) is 5.45. The van der Waals surface area contributed by atoms with Crippen molar-refractivity contribution < 1.29 is 0 Å². The SMILES string of the molecule is Cc1nn(C)c(C)c1CNC1CCCC(C)C1. The number of rotatable bonds is 3. The molecule has 0 aliphatic heterocycles. The van der Waals surface area contributed by atoms with Crippen LogP contribution in [0.4, 0.5) is 0 Å². The molecule has 1 saturated carbocycles. The molecular weight excluding hydrogens is 210 g/mol. The number of nitrogens with one attached hydrogen (secondary N) is 1. The summed E-state index contributed by atoms with van der Waals surface area (Å²) in [6.45, 7) is 7.60. The Balaban J connectivity index is 1.93. The Bertz CT molecular complexity index is 381. The Morgan fingerprint density at radius 2 is 2.12 bits per heavy atom. The van der Waals surface area contributed by atoms with Crippen LogP contribution >= 0.6 is 0 Å². The van der Waals surface area contributed by atoms with E-state index in [1.807, 2.05) is 11.7 Å². The fourth-order valence-corrected chi connectivity index (χ4v) is 2.94. The van der Waals surface area contributed by atoms with E-state index in [-0.39, 0.29) is 0 Å². The van der Waals surface area contributed by atoms with Crippen LogP contribution in [0.1, 0.15) is 49.6 Å². The third-order valence-electron chi connectivity index (χ3n) is 4.16. The Morgan fingerprint density at radius 1 is 1.35 bits per heavy atom. The molecule has 0 bridgehead atoms. The van der Waals surface area contributed by atoms with Gasteiger partial charge in [-0.15, -0.1) is 0 Å². The van der Waals surface area contributed by atoms with Crippen LogP contribution < -0.4 is 5.32 Å². The van der Waals surface area contributed by atoms with E-state index in [0.29, 0.717) is 6.04 Å². The number of hydrogen-bond donors (Lipinski definition) is 1. The second-order valence-corrected chi connectivity index (χ2v) is 5.62. The van der Waals surface area contributed by atoms with Gasteiger partial charge in [0.05, 0.1) is 5.69 Å². The van der Waals surface area contributed by atoms with Crippen LogP contribution in [0.15, 0.2) is 0 Å². The van der Waals surface area contributed by atoms with Crippen molar-refractivity contribution in [2.24, 2.45) is 13.0 Å². The van der Waals surface area contributed by atoms with E-state index in [1.54, 1.807) is 0 Å². The summed E-state index contributed by atoms with van der Waals surface area (Å²) in [5.41, 5.74) is 3.84. The molecule has 1 aromatic rings. The lowest BCUT2D eigenvalue weighted by molar-refractivity contribution is 0.300. The van der Waals surface area contributed by atoms with Crippen LogP contribution in [0.5, 0.6) is 0 Å². The van der Waals surface area contributed by atoms with Crippen molar-refractivity contribution in [3.05, 3.63) is 17.0 Å². The minimum absolute atomic E-state index is 0.706. The Kier molecular flexibility index (Phi) is 3.87. The van der Waals surface area contributed by atoms with Gasteiger partial charge in [-0.2, -0.15) is 5.10 Å². The summed E-state index contributed by atoms with van der Waals surface area (Å²) in [6, 6.07) is 0.706. The fraction of sp³-hybridized carbons (Fsp3) is 0.786. The van der Waals surface area contributed by atoms with Gasteiger partial charge in [0.2, 0.25) is 0 Å². The minimum atomic E-state index is 0.706. The van der Waals surface area contributed by atoms with Gasteiger partial charge in [-0.25, -0.2) is 0 Å². The zero-order chi connectivity index (χ0) is 12.4. The smallest absolute Gasteiger partial charge is 0.0641 e. The Morgan fingerprint density at radius 3 is 2.71 bits per heavy atom. The third-order valence-corrected chi connectivity index (χ3v) is 4.16. The Labute approximate surface area is 105 Å². The molecule has 2 unspecified atom stereocenters. The highest BCUT2D eigenvalue weighted by Crippen LogP contribution is 2.24. The lowest BCUT2D eigenvalue weighted by Gasteiger charge is -2.27. The zero-order valence-corrected chi connectivity index (χ0v) is 11.6. The maximum Gasteiger partial charge on any atom is 0.0641 e. The first-order valence-corrected chi connectivity index (χ1v) is 6.80. The summed E-state index contributed by atoms with van der Waals surface area (Å²) in [5, 5.41) is 8.18. The second-order valence-electron chi connectivity index (χ2n) is 5.62. The van der Waals surface area contributed by atoms with Crippen LogP contribution in [-0.2, 0) is 13.6 Å². The van der Waals surface area contributed by atoms with Crippen LogP contribution in [-0.4, -0.2) is 15.8 Å². The predicted molar refractivity (Wildman–Crippen MR) is 70.9 cm³/mol. The van der Waals surface area contributed by atoms with Crippen molar-refractivity contribution in [1.29, 1.82) is 0 Å². The minimum Gasteiger partial charge on any atom is -0.310 e. The Hall–Kier alpha value is -0.830. The predicted octanol–water partition coefficient (Wildman–Crippen LogP) is 2.71. The summed E-state index contributed by atoms with van der Waals surface area (Å²) in [4.78, 5) is 0. The highest BCUT2D eigenvalue weighted by atomic mass is 15.3. The normalized spacial score (nSPS) is 25.2. The molecule has 2 atom stereocenters. The lowest BCUT2D eigenvalue weighted by Crippen LogP contribution is -2.33. The highest BCUT2D eigenvalue weighted by Gasteiger charge is 2.19. The summed E-state index contributed by atoms with van der Waals surface area (Å²) in [5.74, 6) is 0.886. The molecule has 96 valence electrons. The van der Waals surface area contributed by atoms with Crippen molar-refractivity contribution in [3.63, 3.8) is 0 Å². The molecule has 0 spiro atoms. The fourth-order valence-electron chi connectivity index (χ4n) is 2.94. The standard InChI is InChI=1S/C14H25N3/c1-10-6-5-7-13(8-10)15-9-14-11(2)16-17(4)12(14)3/h10,13,15H,5-9H2,1-4H3. The second kappa shape index (κ2) is 5.21. The summed E-state index contributed by atoms with van der Waals surface area (Å²) in [7, 11) is 2.02. The molecule has 0 amide bonds. The van der Waals surface area contributed by atoms with Gasteiger partial charge in [0, 0.05) is 30.9 Å². The zero-order valence-electron chi connectivity index (χ0n) is 11.6. The summed E-state index contributed by atoms with van der Waals surface area (Å²) >= 11 is 0. The maximum absolute atomic E-state index is 4.47. The lowest BCUT2D eigenvalue weighted by atomic mass is 9.87. The van der Waals surface area contributed by atoms with Gasteiger partial charge < -0.3 is 5.32 Å². The first-order chi connectivity index (χ1) is 8.08. The van der Waals surface area contributed by atoms with Crippen molar-refractivity contribution >= 4 is 0 Å². The van der Waals surface area contributed by atoms with Crippen molar-refractivity contribution in [2.75, 3.05) is 0 Å². The van der Waals surface area contributed by atoms with Gasteiger partial charge in [-0.3, -0.25) is 4.68 Å². The van der Waals surface area contributed by atoms with E-state index in [9.17, 15) is 0 Å². The monoisotopic (exact) mass is 235 g/mol. The highest BCUT2D eigenvalue weighted by molar-refractivity contribution is 5.24. The average Bonchev–Trinajstić information content (AvgIpc) is 2.51. The van der Waals surface area contributed by atoms with E-state index < -0.39 is 0 Å².